The fraction of sp³-hybridized carbons (Fsp3) is 0.250. The van der Waals surface area contributed by atoms with Crippen molar-refractivity contribution in [2.75, 3.05) is 4.72 Å². The van der Waals surface area contributed by atoms with Gasteiger partial charge in [0.25, 0.3) is 10.0 Å². The molecule has 0 bridgehead atoms. The maximum absolute atomic E-state index is 13.7. The molecular weight excluding hydrogens is 301 g/mol. The lowest BCUT2D eigenvalue weighted by Gasteiger charge is -2.09. The summed E-state index contributed by atoms with van der Waals surface area (Å²) in [4.78, 5) is 4.01. The number of sulfonamides is 1. The van der Waals surface area contributed by atoms with Gasteiger partial charge < -0.3 is 5.73 Å². The smallest absolute Gasteiger partial charge is 0.263 e. The van der Waals surface area contributed by atoms with Crippen LogP contribution < -0.4 is 10.5 Å². The van der Waals surface area contributed by atoms with Crippen LogP contribution in [0, 0.1) is 19.7 Å². The van der Waals surface area contributed by atoms with Gasteiger partial charge in [0.05, 0.1) is 10.6 Å². The van der Waals surface area contributed by atoms with Gasteiger partial charge in [-0.3, -0.25) is 4.72 Å². The molecule has 108 valence electrons. The Balaban J connectivity index is 2.41. The molecule has 8 heteroatoms. The summed E-state index contributed by atoms with van der Waals surface area (Å²) in [6, 6.07) is 2.52. The number of benzene rings is 1. The van der Waals surface area contributed by atoms with Crippen LogP contribution >= 0.6 is 11.3 Å². The minimum Gasteiger partial charge on any atom is -0.326 e. The molecule has 0 fully saturated rings. The summed E-state index contributed by atoms with van der Waals surface area (Å²) in [5.41, 5.74) is 6.56. The van der Waals surface area contributed by atoms with Crippen molar-refractivity contribution in [2.24, 2.45) is 5.73 Å². The molecule has 5 nitrogen and oxygen atoms in total. The molecule has 2 aromatic rings. The highest BCUT2D eigenvalue weighted by Gasteiger charge is 2.19. The molecule has 1 aromatic carbocycles. The standard InChI is InChI=1S/C12H14FN3O2S2/c1-7-3-10(4-9(5-14)11(7)13)20(17,18)16-12-15-8(2)6-19-12/h3-4,6H,5,14H2,1-2H3,(H,15,16). The summed E-state index contributed by atoms with van der Waals surface area (Å²) in [6.45, 7) is 3.20. The third kappa shape index (κ3) is 2.97. The third-order valence-electron chi connectivity index (χ3n) is 2.67. The summed E-state index contributed by atoms with van der Waals surface area (Å²) in [7, 11) is -3.80. The van der Waals surface area contributed by atoms with Crippen LogP contribution in [0.5, 0.6) is 0 Å². The van der Waals surface area contributed by atoms with Crippen LogP contribution in [0.1, 0.15) is 16.8 Å². The molecule has 2 rings (SSSR count). The molecule has 1 heterocycles. The van der Waals surface area contributed by atoms with Crippen molar-refractivity contribution in [3.8, 4) is 0 Å². The van der Waals surface area contributed by atoms with Crippen LogP contribution in [-0.2, 0) is 16.6 Å². The monoisotopic (exact) mass is 315 g/mol. The largest absolute Gasteiger partial charge is 0.326 e. The molecule has 0 spiro atoms. The van der Waals surface area contributed by atoms with E-state index in [-0.39, 0.29) is 27.7 Å². The zero-order valence-electron chi connectivity index (χ0n) is 11.0. The number of hydrogen-bond acceptors (Lipinski definition) is 5. The molecule has 0 aliphatic carbocycles. The second kappa shape index (κ2) is 5.47. The number of anilines is 1. The fourth-order valence-electron chi connectivity index (χ4n) is 1.69. The van der Waals surface area contributed by atoms with E-state index in [1.165, 1.54) is 30.4 Å². The molecule has 0 amide bonds. The molecule has 0 saturated heterocycles. The van der Waals surface area contributed by atoms with Gasteiger partial charge in [-0.15, -0.1) is 11.3 Å². The zero-order valence-corrected chi connectivity index (χ0v) is 12.6. The Morgan fingerprint density at radius 3 is 2.65 bits per heavy atom. The molecule has 1 aromatic heterocycles. The SMILES string of the molecule is Cc1csc(NS(=O)(=O)c2cc(C)c(F)c(CN)c2)n1. The highest BCUT2D eigenvalue weighted by Crippen LogP contribution is 2.23. The second-order valence-electron chi connectivity index (χ2n) is 4.32. The van der Waals surface area contributed by atoms with Crippen molar-refractivity contribution in [3.05, 3.63) is 40.2 Å². The van der Waals surface area contributed by atoms with Crippen molar-refractivity contribution in [3.63, 3.8) is 0 Å². The van der Waals surface area contributed by atoms with Crippen molar-refractivity contribution >= 4 is 26.5 Å². The van der Waals surface area contributed by atoms with Gasteiger partial charge in [-0.2, -0.15) is 0 Å². The van der Waals surface area contributed by atoms with E-state index in [0.29, 0.717) is 0 Å². The van der Waals surface area contributed by atoms with E-state index in [9.17, 15) is 12.8 Å². The van der Waals surface area contributed by atoms with Gasteiger partial charge in [-0.05, 0) is 31.5 Å². The number of halogens is 1. The Kier molecular flexibility index (Phi) is 4.07. The molecule has 0 saturated carbocycles. The van der Waals surface area contributed by atoms with Gasteiger partial charge in [-0.1, -0.05) is 0 Å². The molecule has 20 heavy (non-hydrogen) atoms. The second-order valence-corrected chi connectivity index (χ2v) is 6.86. The van der Waals surface area contributed by atoms with Crippen molar-refractivity contribution < 1.29 is 12.8 Å². The number of nitrogens with two attached hydrogens (primary N) is 1. The lowest BCUT2D eigenvalue weighted by atomic mass is 10.1. The number of aryl methyl sites for hydroxylation is 2. The number of nitrogens with zero attached hydrogens (tertiary/aromatic N) is 1. The van der Waals surface area contributed by atoms with Crippen molar-refractivity contribution in [1.29, 1.82) is 0 Å². The first-order valence-corrected chi connectivity index (χ1v) is 8.14. The Bertz CT molecular complexity index is 741. The maximum Gasteiger partial charge on any atom is 0.263 e. The van der Waals surface area contributed by atoms with Gasteiger partial charge in [0.2, 0.25) is 0 Å². The average Bonchev–Trinajstić information content (AvgIpc) is 2.77. The fourth-order valence-corrected chi connectivity index (χ4v) is 3.76. The molecule has 0 unspecified atom stereocenters. The summed E-state index contributed by atoms with van der Waals surface area (Å²) in [6.07, 6.45) is 0. The van der Waals surface area contributed by atoms with E-state index in [4.69, 9.17) is 5.73 Å². The highest BCUT2D eigenvalue weighted by molar-refractivity contribution is 7.93. The third-order valence-corrected chi connectivity index (χ3v) is 5.00. The molecule has 0 aliphatic rings. The summed E-state index contributed by atoms with van der Waals surface area (Å²) >= 11 is 1.19. The van der Waals surface area contributed by atoms with Crippen LogP contribution in [0.4, 0.5) is 9.52 Å². The molecule has 0 atom stereocenters. The molecule has 0 radical (unpaired) electrons. The van der Waals surface area contributed by atoms with Crippen LogP contribution in [0.2, 0.25) is 0 Å². The maximum atomic E-state index is 13.7. The highest BCUT2D eigenvalue weighted by atomic mass is 32.2. The van der Waals surface area contributed by atoms with E-state index >= 15 is 0 Å². The van der Waals surface area contributed by atoms with E-state index in [2.05, 4.69) is 9.71 Å². The first-order chi connectivity index (χ1) is 9.33. The lowest BCUT2D eigenvalue weighted by Crippen LogP contribution is -2.14. The zero-order chi connectivity index (χ0) is 14.9. The molecule has 0 aliphatic heterocycles. The predicted octanol–water partition coefficient (Wildman–Crippen LogP) is 2.16. The van der Waals surface area contributed by atoms with Gasteiger partial charge >= 0.3 is 0 Å². The Morgan fingerprint density at radius 1 is 1.40 bits per heavy atom. The van der Waals surface area contributed by atoms with Gasteiger partial charge in [0.1, 0.15) is 5.82 Å². The molecular formula is C12H14FN3O2S2. The van der Waals surface area contributed by atoms with Crippen molar-refractivity contribution in [1.82, 2.24) is 4.98 Å². The van der Waals surface area contributed by atoms with E-state index in [1.807, 2.05) is 0 Å². The normalized spacial score (nSPS) is 11.6. The van der Waals surface area contributed by atoms with Crippen molar-refractivity contribution in [2.45, 2.75) is 25.3 Å². The Hall–Kier alpha value is -1.51. The quantitative estimate of drug-likeness (QED) is 0.905. The number of thiazole rings is 1. The van der Waals surface area contributed by atoms with E-state index in [0.717, 1.165) is 5.69 Å². The van der Waals surface area contributed by atoms with Crippen LogP contribution in [0.25, 0.3) is 0 Å². The number of nitrogens with one attached hydrogen (secondary N) is 1. The first-order valence-electron chi connectivity index (χ1n) is 5.77. The number of aromatic nitrogens is 1. The molecule has 3 N–H and O–H groups in total. The summed E-state index contributed by atoms with van der Waals surface area (Å²) in [5.74, 6) is -0.475. The van der Waals surface area contributed by atoms with E-state index in [1.54, 1.807) is 12.3 Å². The summed E-state index contributed by atoms with van der Waals surface area (Å²) in [5, 5.41) is 2.01. The topological polar surface area (TPSA) is 85.1 Å². The summed E-state index contributed by atoms with van der Waals surface area (Å²) < 4.78 is 40.5. The number of rotatable bonds is 4. The van der Waals surface area contributed by atoms with Crippen LogP contribution in [0.3, 0.4) is 0 Å². The minimum atomic E-state index is -3.80. The van der Waals surface area contributed by atoms with Crippen LogP contribution in [0.15, 0.2) is 22.4 Å². The Labute approximate surface area is 120 Å². The van der Waals surface area contributed by atoms with Gasteiger partial charge in [0.15, 0.2) is 5.13 Å². The van der Waals surface area contributed by atoms with E-state index < -0.39 is 15.8 Å². The number of hydrogen-bond donors (Lipinski definition) is 2. The van der Waals surface area contributed by atoms with Crippen LogP contribution in [-0.4, -0.2) is 13.4 Å². The van der Waals surface area contributed by atoms with Gasteiger partial charge in [0, 0.05) is 17.5 Å². The minimum absolute atomic E-state index is 0.0234. The first kappa shape index (κ1) is 14.9. The van der Waals surface area contributed by atoms with Gasteiger partial charge in [-0.25, -0.2) is 17.8 Å². The lowest BCUT2D eigenvalue weighted by molar-refractivity contribution is 0.592. The Morgan fingerprint density at radius 2 is 2.10 bits per heavy atom. The predicted molar refractivity (Wildman–Crippen MR) is 76.7 cm³/mol. The average molecular weight is 315 g/mol.